The van der Waals surface area contributed by atoms with Crippen LogP contribution in [0.1, 0.15) is 58.8 Å². The molecule has 1 saturated heterocycles. The Kier molecular flexibility index (Phi) is 5.88. The molecular formula is C16H31N3O2. The van der Waals surface area contributed by atoms with E-state index in [0.717, 1.165) is 32.5 Å². The molecule has 5 heteroatoms. The summed E-state index contributed by atoms with van der Waals surface area (Å²) in [4.78, 5) is 2.63. The summed E-state index contributed by atoms with van der Waals surface area (Å²) in [6.07, 6.45) is 8.91. The molecule has 21 heavy (non-hydrogen) atoms. The zero-order valence-electron chi connectivity index (χ0n) is 13.6. The molecule has 0 aromatic carbocycles. The number of nitrogens with zero attached hydrogens (tertiary/aromatic N) is 2. The molecule has 0 radical (unpaired) electrons. The summed E-state index contributed by atoms with van der Waals surface area (Å²) in [6.45, 7) is 7.18. The second-order valence-electron chi connectivity index (χ2n) is 7.12. The highest BCUT2D eigenvalue weighted by atomic mass is 16.5. The summed E-state index contributed by atoms with van der Waals surface area (Å²) in [5.74, 6) is 0.334. The van der Waals surface area contributed by atoms with Gasteiger partial charge in [0, 0.05) is 18.0 Å². The second kappa shape index (κ2) is 7.45. The Bertz CT molecular complexity index is 355. The molecule has 5 nitrogen and oxygen atoms in total. The summed E-state index contributed by atoms with van der Waals surface area (Å²) in [5.41, 5.74) is 5.52. The van der Waals surface area contributed by atoms with E-state index in [-0.39, 0.29) is 5.41 Å². The van der Waals surface area contributed by atoms with Gasteiger partial charge in [-0.05, 0) is 32.2 Å². The molecule has 2 rings (SSSR count). The summed E-state index contributed by atoms with van der Waals surface area (Å²) < 4.78 is 5.92. The van der Waals surface area contributed by atoms with Crippen molar-refractivity contribution in [3.8, 4) is 0 Å². The van der Waals surface area contributed by atoms with Gasteiger partial charge in [-0.15, -0.1) is 0 Å². The van der Waals surface area contributed by atoms with Crippen LogP contribution in [0.3, 0.4) is 0 Å². The first-order valence-corrected chi connectivity index (χ1v) is 8.38. The van der Waals surface area contributed by atoms with Gasteiger partial charge in [0.2, 0.25) is 0 Å². The molecule has 2 atom stereocenters. The summed E-state index contributed by atoms with van der Waals surface area (Å²) in [7, 11) is 0. The standard InChI is InChI=1S/C16H31N3O2/c1-16(2,15(17)18-20)9-5-6-10-19-11-12-21-14-8-4-3-7-13(14)19/h13-14,20H,3-12H2,1-2H3,(H2,17,18). The van der Waals surface area contributed by atoms with E-state index in [1.807, 2.05) is 13.8 Å². The molecule has 0 aromatic heterocycles. The normalized spacial score (nSPS) is 28.4. The van der Waals surface area contributed by atoms with E-state index < -0.39 is 0 Å². The smallest absolute Gasteiger partial charge is 0.144 e. The average molecular weight is 297 g/mol. The Labute approximate surface area is 128 Å². The minimum Gasteiger partial charge on any atom is -0.409 e. The molecule has 2 unspecified atom stereocenters. The number of unbranched alkanes of at least 4 members (excludes halogenated alkanes) is 1. The van der Waals surface area contributed by atoms with Crippen LogP contribution in [0.4, 0.5) is 0 Å². The van der Waals surface area contributed by atoms with E-state index in [2.05, 4.69) is 10.1 Å². The number of hydrogen-bond acceptors (Lipinski definition) is 4. The monoisotopic (exact) mass is 297 g/mol. The lowest BCUT2D eigenvalue weighted by Gasteiger charge is -2.44. The molecule has 1 aliphatic heterocycles. The largest absolute Gasteiger partial charge is 0.409 e. The molecule has 1 heterocycles. The molecule has 2 aliphatic rings. The van der Waals surface area contributed by atoms with E-state index in [1.54, 1.807) is 0 Å². The minimum atomic E-state index is -0.215. The van der Waals surface area contributed by atoms with Gasteiger partial charge in [0.15, 0.2) is 0 Å². The molecule has 0 amide bonds. The molecule has 1 aliphatic carbocycles. The predicted molar refractivity (Wildman–Crippen MR) is 84.6 cm³/mol. The number of ether oxygens (including phenoxy) is 1. The van der Waals surface area contributed by atoms with E-state index in [4.69, 9.17) is 15.7 Å². The maximum Gasteiger partial charge on any atom is 0.144 e. The Balaban J connectivity index is 1.73. The van der Waals surface area contributed by atoms with Crippen molar-refractivity contribution in [3.63, 3.8) is 0 Å². The van der Waals surface area contributed by atoms with Gasteiger partial charge in [-0.2, -0.15) is 0 Å². The number of fused-ring (bicyclic) bond motifs is 1. The van der Waals surface area contributed by atoms with Gasteiger partial charge in [-0.1, -0.05) is 38.3 Å². The lowest BCUT2D eigenvalue weighted by atomic mass is 9.85. The molecule has 0 spiro atoms. The van der Waals surface area contributed by atoms with Crippen LogP contribution >= 0.6 is 0 Å². The topological polar surface area (TPSA) is 71.1 Å². The average Bonchev–Trinajstić information content (AvgIpc) is 2.50. The van der Waals surface area contributed by atoms with Crippen LogP contribution in [0.5, 0.6) is 0 Å². The fourth-order valence-corrected chi connectivity index (χ4v) is 3.60. The first-order chi connectivity index (χ1) is 10.0. The highest BCUT2D eigenvalue weighted by molar-refractivity contribution is 5.85. The zero-order valence-corrected chi connectivity index (χ0v) is 13.6. The van der Waals surface area contributed by atoms with Crippen LogP contribution in [-0.4, -0.2) is 47.8 Å². The van der Waals surface area contributed by atoms with Gasteiger partial charge < -0.3 is 15.7 Å². The Hall–Kier alpha value is -0.810. The van der Waals surface area contributed by atoms with Gasteiger partial charge in [0.05, 0.1) is 12.7 Å². The zero-order chi connectivity index (χ0) is 15.3. The summed E-state index contributed by atoms with van der Waals surface area (Å²) in [5, 5.41) is 12.0. The minimum absolute atomic E-state index is 0.215. The van der Waals surface area contributed by atoms with E-state index >= 15 is 0 Å². The fraction of sp³-hybridized carbons (Fsp3) is 0.938. The van der Waals surface area contributed by atoms with Crippen molar-refractivity contribution in [2.75, 3.05) is 19.7 Å². The van der Waals surface area contributed by atoms with Gasteiger partial charge in [0.1, 0.15) is 5.84 Å². The molecule has 0 bridgehead atoms. The third-order valence-corrected chi connectivity index (χ3v) is 5.15. The first kappa shape index (κ1) is 16.6. The molecule has 2 fully saturated rings. The molecule has 0 aromatic rings. The second-order valence-corrected chi connectivity index (χ2v) is 7.12. The van der Waals surface area contributed by atoms with Gasteiger partial charge in [-0.25, -0.2) is 0 Å². The van der Waals surface area contributed by atoms with E-state index in [0.29, 0.717) is 18.0 Å². The van der Waals surface area contributed by atoms with Crippen molar-refractivity contribution in [2.45, 2.75) is 70.9 Å². The maximum absolute atomic E-state index is 8.80. The fourth-order valence-electron chi connectivity index (χ4n) is 3.60. The van der Waals surface area contributed by atoms with Crippen LogP contribution < -0.4 is 5.73 Å². The number of morpholine rings is 1. The van der Waals surface area contributed by atoms with Gasteiger partial charge in [-0.3, -0.25) is 4.90 Å². The SMILES string of the molecule is CC(C)(CCCCN1CCOC2CCCCC21)C(N)=NO. The molecule has 1 saturated carbocycles. The van der Waals surface area contributed by atoms with Crippen LogP contribution in [-0.2, 0) is 4.74 Å². The number of nitrogens with two attached hydrogens (primary N) is 1. The van der Waals surface area contributed by atoms with E-state index in [9.17, 15) is 0 Å². The van der Waals surface area contributed by atoms with Gasteiger partial charge >= 0.3 is 0 Å². The maximum atomic E-state index is 8.80. The third kappa shape index (κ3) is 4.33. The van der Waals surface area contributed by atoms with Crippen LogP contribution in [0.25, 0.3) is 0 Å². The van der Waals surface area contributed by atoms with Crippen LogP contribution in [0.15, 0.2) is 5.16 Å². The van der Waals surface area contributed by atoms with E-state index in [1.165, 1.54) is 32.1 Å². The Morgan fingerprint density at radius 3 is 2.86 bits per heavy atom. The van der Waals surface area contributed by atoms with Crippen molar-refractivity contribution in [3.05, 3.63) is 0 Å². The quantitative estimate of drug-likeness (QED) is 0.260. The summed E-state index contributed by atoms with van der Waals surface area (Å²) >= 11 is 0. The van der Waals surface area contributed by atoms with Crippen LogP contribution in [0, 0.1) is 5.41 Å². The van der Waals surface area contributed by atoms with Crippen molar-refractivity contribution in [1.82, 2.24) is 4.90 Å². The molecular weight excluding hydrogens is 266 g/mol. The Morgan fingerprint density at radius 1 is 1.33 bits per heavy atom. The number of amidine groups is 1. The van der Waals surface area contributed by atoms with Crippen molar-refractivity contribution in [2.24, 2.45) is 16.3 Å². The van der Waals surface area contributed by atoms with Crippen molar-refractivity contribution in [1.29, 1.82) is 0 Å². The predicted octanol–water partition coefficient (Wildman–Crippen LogP) is 2.57. The summed E-state index contributed by atoms with van der Waals surface area (Å²) in [6, 6.07) is 0.643. The number of oxime groups is 1. The highest BCUT2D eigenvalue weighted by Gasteiger charge is 2.33. The lowest BCUT2D eigenvalue weighted by molar-refractivity contribution is -0.0883. The number of rotatable bonds is 6. The van der Waals surface area contributed by atoms with Crippen molar-refractivity contribution < 1.29 is 9.94 Å². The molecule has 3 N–H and O–H groups in total. The third-order valence-electron chi connectivity index (χ3n) is 5.15. The lowest BCUT2D eigenvalue weighted by Crippen LogP contribution is -2.52. The van der Waals surface area contributed by atoms with Crippen molar-refractivity contribution >= 4 is 5.84 Å². The molecule has 122 valence electrons. The Morgan fingerprint density at radius 2 is 2.10 bits per heavy atom. The van der Waals surface area contributed by atoms with Crippen LogP contribution in [0.2, 0.25) is 0 Å². The number of hydrogen-bond donors (Lipinski definition) is 2. The van der Waals surface area contributed by atoms with Gasteiger partial charge in [0.25, 0.3) is 0 Å². The first-order valence-electron chi connectivity index (χ1n) is 8.38. The highest BCUT2D eigenvalue weighted by Crippen LogP contribution is 2.29.